The second kappa shape index (κ2) is 10.1. The third-order valence-corrected chi connectivity index (χ3v) is 7.30. The van der Waals surface area contributed by atoms with Crippen molar-refractivity contribution in [1.82, 2.24) is 14.5 Å². The van der Waals surface area contributed by atoms with E-state index in [0.717, 1.165) is 31.9 Å². The van der Waals surface area contributed by atoms with Crippen LogP contribution in [0.5, 0.6) is 0 Å². The molecular formula is C18H21Cl2N5O3S2. The minimum atomic E-state index is -0.786. The van der Waals surface area contributed by atoms with Gasteiger partial charge in [0.05, 0.1) is 15.7 Å². The van der Waals surface area contributed by atoms with E-state index in [9.17, 15) is 15.2 Å². The Morgan fingerprint density at radius 2 is 2.07 bits per heavy atom. The van der Waals surface area contributed by atoms with Gasteiger partial charge in [-0.15, -0.1) is 0 Å². The molecule has 0 aliphatic carbocycles. The summed E-state index contributed by atoms with van der Waals surface area (Å²) in [7, 11) is 0. The molecule has 1 fully saturated rings. The van der Waals surface area contributed by atoms with Crippen LogP contribution < -0.4 is 4.90 Å². The standard InChI is InChI=1S/C18H21Cl2N5O3S2/c1-12-21-9-16(25(27)28)24(12)10-13(26)11-30-18(29)23-7-5-22(6-8-23)15-4-2-3-14(19)17(15)20/h2-4,9,13,26H,5-8,10-11H2,1H3. The Balaban J connectivity index is 1.49. The molecule has 30 heavy (non-hydrogen) atoms. The maximum atomic E-state index is 11.1. The lowest BCUT2D eigenvalue weighted by atomic mass is 10.2. The highest BCUT2D eigenvalue weighted by Crippen LogP contribution is 2.33. The van der Waals surface area contributed by atoms with E-state index in [1.165, 1.54) is 22.5 Å². The smallest absolute Gasteiger partial charge is 0.342 e. The number of halogens is 2. The van der Waals surface area contributed by atoms with Gasteiger partial charge in [0, 0.05) is 38.9 Å². The van der Waals surface area contributed by atoms with E-state index in [2.05, 4.69) is 14.8 Å². The Morgan fingerprint density at radius 3 is 2.73 bits per heavy atom. The normalized spacial score (nSPS) is 15.3. The van der Waals surface area contributed by atoms with Crippen LogP contribution in [0.4, 0.5) is 11.5 Å². The van der Waals surface area contributed by atoms with E-state index in [1.807, 2.05) is 12.1 Å². The van der Waals surface area contributed by atoms with Crippen LogP contribution in [0, 0.1) is 17.0 Å². The van der Waals surface area contributed by atoms with E-state index in [0.29, 0.717) is 25.9 Å². The number of aliphatic hydroxyl groups excluding tert-OH is 1. The molecule has 0 spiro atoms. The highest BCUT2D eigenvalue weighted by atomic mass is 35.5. The van der Waals surface area contributed by atoms with Gasteiger partial charge in [-0.2, -0.15) is 0 Å². The van der Waals surface area contributed by atoms with E-state index in [1.54, 1.807) is 13.0 Å². The van der Waals surface area contributed by atoms with Crippen molar-refractivity contribution in [3.8, 4) is 0 Å². The molecule has 8 nitrogen and oxygen atoms in total. The van der Waals surface area contributed by atoms with Gasteiger partial charge in [-0.3, -0.25) is 0 Å². The van der Waals surface area contributed by atoms with Crippen molar-refractivity contribution in [2.45, 2.75) is 19.6 Å². The number of aliphatic hydroxyl groups is 1. The fraction of sp³-hybridized carbons (Fsp3) is 0.444. The van der Waals surface area contributed by atoms with E-state index < -0.39 is 11.0 Å². The predicted molar refractivity (Wildman–Crippen MR) is 125 cm³/mol. The quantitative estimate of drug-likeness (QED) is 0.374. The van der Waals surface area contributed by atoms with Crippen LogP contribution in [0.1, 0.15) is 5.82 Å². The fourth-order valence-electron chi connectivity index (χ4n) is 3.22. The van der Waals surface area contributed by atoms with Crippen molar-refractivity contribution < 1.29 is 10.0 Å². The van der Waals surface area contributed by atoms with Crippen LogP contribution in [-0.2, 0) is 6.54 Å². The molecule has 3 rings (SSSR count). The third kappa shape index (κ3) is 5.36. The first-order chi connectivity index (χ1) is 14.3. The van der Waals surface area contributed by atoms with Crippen molar-refractivity contribution >= 4 is 63.0 Å². The van der Waals surface area contributed by atoms with Gasteiger partial charge in [-0.25, -0.2) is 9.55 Å². The van der Waals surface area contributed by atoms with Gasteiger partial charge >= 0.3 is 5.82 Å². The Morgan fingerprint density at radius 1 is 1.37 bits per heavy atom. The zero-order chi connectivity index (χ0) is 21.8. The molecule has 162 valence electrons. The lowest BCUT2D eigenvalue weighted by Crippen LogP contribution is -2.48. The number of nitro groups is 1. The molecule has 1 saturated heterocycles. The first kappa shape index (κ1) is 23.1. The summed E-state index contributed by atoms with van der Waals surface area (Å²) in [5.41, 5.74) is 0.912. The largest absolute Gasteiger partial charge is 0.388 e. The van der Waals surface area contributed by atoms with Gasteiger partial charge in [0.25, 0.3) is 0 Å². The van der Waals surface area contributed by atoms with E-state index in [4.69, 9.17) is 35.4 Å². The molecular weight excluding hydrogens is 469 g/mol. The Hall–Kier alpha value is -1.59. The Bertz CT molecular complexity index is 935. The molecule has 1 aromatic heterocycles. The summed E-state index contributed by atoms with van der Waals surface area (Å²) in [5, 5.41) is 22.5. The van der Waals surface area contributed by atoms with Crippen molar-refractivity contribution in [3.63, 3.8) is 0 Å². The van der Waals surface area contributed by atoms with Crippen LogP contribution in [0.2, 0.25) is 10.0 Å². The Labute approximate surface area is 193 Å². The summed E-state index contributed by atoms with van der Waals surface area (Å²) in [6.07, 6.45) is 0.414. The number of benzene rings is 1. The third-order valence-electron chi connectivity index (χ3n) is 4.82. The minimum Gasteiger partial charge on any atom is -0.388 e. The summed E-state index contributed by atoms with van der Waals surface area (Å²) in [5.74, 6) is 0.701. The first-order valence-electron chi connectivity index (χ1n) is 9.23. The average Bonchev–Trinajstić information content (AvgIpc) is 3.09. The molecule has 1 aliphatic heterocycles. The molecule has 1 unspecified atom stereocenters. The molecule has 1 aliphatic rings. The number of thioether (sulfide) groups is 1. The zero-order valence-corrected chi connectivity index (χ0v) is 19.3. The van der Waals surface area contributed by atoms with Crippen molar-refractivity contribution in [1.29, 1.82) is 0 Å². The van der Waals surface area contributed by atoms with Crippen molar-refractivity contribution in [2.24, 2.45) is 0 Å². The maximum Gasteiger partial charge on any atom is 0.342 e. The number of piperazine rings is 1. The predicted octanol–water partition coefficient (Wildman–Crippen LogP) is 3.61. The molecule has 2 heterocycles. The monoisotopic (exact) mass is 489 g/mol. The zero-order valence-electron chi connectivity index (χ0n) is 16.2. The molecule has 0 saturated carbocycles. The van der Waals surface area contributed by atoms with Gasteiger partial charge in [-0.1, -0.05) is 53.2 Å². The molecule has 2 aromatic rings. The van der Waals surface area contributed by atoms with Gasteiger partial charge in [0.15, 0.2) is 5.82 Å². The molecule has 1 aromatic carbocycles. The summed E-state index contributed by atoms with van der Waals surface area (Å²) < 4.78 is 2.10. The van der Waals surface area contributed by atoms with Gasteiger partial charge in [0.1, 0.15) is 23.2 Å². The maximum absolute atomic E-state index is 11.1. The van der Waals surface area contributed by atoms with Crippen LogP contribution in [0.15, 0.2) is 24.4 Å². The topological polar surface area (TPSA) is 87.7 Å². The molecule has 1 atom stereocenters. The number of aryl methyl sites for hydroxylation is 1. The molecule has 1 N–H and O–H groups in total. The Kier molecular flexibility index (Phi) is 7.81. The number of hydrogen-bond donors (Lipinski definition) is 1. The number of thiocarbonyl (C=S) groups is 1. The SMILES string of the molecule is Cc1ncc([N+](=O)[O-])n1CC(O)CSC(=S)N1CCN(c2cccc(Cl)c2Cl)CC1. The fourth-order valence-corrected chi connectivity index (χ4v) is 4.82. The van der Waals surface area contributed by atoms with E-state index >= 15 is 0 Å². The van der Waals surface area contributed by atoms with Crippen LogP contribution in [0.3, 0.4) is 0 Å². The van der Waals surface area contributed by atoms with Crippen molar-refractivity contribution in [3.05, 3.63) is 50.4 Å². The number of imidazole rings is 1. The number of nitrogens with zero attached hydrogens (tertiary/aromatic N) is 5. The highest BCUT2D eigenvalue weighted by Gasteiger charge is 2.24. The molecule has 0 amide bonds. The van der Waals surface area contributed by atoms with Gasteiger partial charge < -0.3 is 25.0 Å². The lowest BCUT2D eigenvalue weighted by molar-refractivity contribution is -0.392. The summed E-state index contributed by atoms with van der Waals surface area (Å²) >= 11 is 19.3. The number of aromatic nitrogens is 2. The minimum absolute atomic E-state index is 0.0960. The average molecular weight is 490 g/mol. The first-order valence-corrected chi connectivity index (χ1v) is 11.4. The number of anilines is 1. The van der Waals surface area contributed by atoms with Crippen LogP contribution in [0.25, 0.3) is 0 Å². The van der Waals surface area contributed by atoms with Crippen LogP contribution >= 0.6 is 47.2 Å². The second-order valence-corrected chi connectivity index (χ2v) is 9.25. The summed E-state index contributed by atoms with van der Waals surface area (Å²) in [6.45, 7) is 4.74. The van der Waals surface area contributed by atoms with Gasteiger partial charge in [-0.05, 0) is 17.1 Å². The summed E-state index contributed by atoms with van der Waals surface area (Å²) in [6, 6.07) is 5.59. The number of rotatable bonds is 6. The van der Waals surface area contributed by atoms with E-state index in [-0.39, 0.29) is 12.4 Å². The molecule has 0 bridgehead atoms. The van der Waals surface area contributed by atoms with Crippen LogP contribution in [-0.4, -0.2) is 66.8 Å². The number of hydrogen-bond acceptors (Lipinski definition) is 7. The van der Waals surface area contributed by atoms with Gasteiger partial charge in [0.2, 0.25) is 0 Å². The molecule has 0 radical (unpaired) electrons. The summed E-state index contributed by atoms with van der Waals surface area (Å²) in [4.78, 5) is 18.8. The second-order valence-electron chi connectivity index (χ2n) is 6.81. The highest BCUT2D eigenvalue weighted by molar-refractivity contribution is 8.22. The molecule has 12 heteroatoms. The van der Waals surface area contributed by atoms with Crippen molar-refractivity contribution in [2.75, 3.05) is 36.8 Å². The lowest BCUT2D eigenvalue weighted by Gasteiger charge is -2.37.